The molecule has 0 spiro atoms. The van der Waals surface area contributed by atoms with Crippen molar-refractivity contribution in [2.24, 2.45) is 0 Å². The number of rotatable bonds is 6. The molecular formula is C23H26Cl2N4O3. The van der Waals surface area contributed by atoms with Gasteiger partial charge in [-0.15, -0.1) is 0 Å². The Bertz CT molecular complexity index is 963. The molecule has 3 rings (SSSR count). The van der Waals surface area contributed by atoms with Crippen LogP contribution >= 0.6 is 23.2 Å². The van der Waals surface area contributed by atoms with E-state index >= 15 is 0 Å². The summed E-state index contributed by atoms with van der Waals surface area (Å²) in [5.41, 5.74) is 1.37. The zero-order chi connectivity index (χ0) is 23.1. The Morgan fingerprint density at radius 1 is 0.969 bits per heavy atom. The lowest BCUT2D eigenvalue weighted by Gasteiger charge is -2.34. The normalized spacial score (nSPS) is 15.2. The van der Waals surface area contributed by atoms with Crippen LogP contribution in [-0.2, 0) is 9.59 Å². The van der Waals surface area contributed by atoms with Gasteiger partial charge in [0.1, 0.15) is 0 Å². The summed E-state index contributed by atoms with van der Waals surface area (Å²) in [6.07, 6.45) is 0. The fourth-order valence-electron chi connectivity index (χ4n) is 3.50. The first-order chi connectivity index (χ1) is 15.3. The molecule has 0 radical (unpaired) electrons. The van der Waals surface area contributed by atoms with Gasteiger partial charge < -0.3 is 15.5 Å². The largest absolute Gasteiger partial charge is 0.347 e. The average molecular weight is 477 g/mol. The van der Waals surface area contributed by atoms with Crippen molar-refractivity contribution in [3.63, 3.8) is 0 Å². The molecule has 2 N–H and O–H groups in total. The molecule has 1 saturated heterocycles. The van der Waals surface area contributed by atoms with E-state index in [1.807, 2.05) is 37.3 Å². The molecule has 0 saturated carbocycles. The van der Waals surface area contributed by atoms with Crippen molar-refractivity contribution >= 4 is 40.9 Å². The first-order valence-electron chi connectivity index (χ1n) is 10.5. The Kier molecular flexibility index (Phi) is 8.50. The highest BCUT2D eigenvalue weighted by atomic mass is 35.5. The number of hydrogen-bond donors (Lipinski definition) is 2. The highest BCUT2D eigenvalue weighted by molar-refractivity contribution is 6.36. The predicted molar refractivity (Wildman–Crippen MR) is 125 cm³/mol. The Hall–Kier alpha value is -2.61. The van der Waals surface area contributed by atoms with Gasteiger partial charge in [-0.05, 0) is 30.7 Å². The third kappa shape index (κ3) is 6.45. The molecule has 1 aliphatic rings. The Labute approximate surface area is 197 Å². The fourth-order valence-corrected chi connectivity index (χ4v) is 3.99. The van der Waals surface area contributed by atoms with Gasteiger partial charge in [-0.25, -0.2) is 0 Å². The van der Waals surface area contributed by atoms with Crippen LogP contribution in [0, 0.1) is 0 Å². The Balaban J connectivity index is 1.38. The van der Waals surface area contributed by atoms with E-state index < -0.39 is 11.8 Å². The van der Waals surface area contributed by atoms with Crippen molar-refractivity contribution in [1.82, 2.24) is 20.4 Å². The number of amides is 3. The lowest BCUT2D eigenvalue weighted by atomic mass is 10.1. The maximum atomic E-state index is 12.7. The second-order valence-corrected chi connectivity index (χ2v) is 8.46. The van der Waals surface area contributed by atoms with Crippen molar-refractivity contribution in [2.75, 3.05) is 39.3 Å². The van der Waals surface area contributed by atoms with Gasteiger partial charge in [0.05, 0.1) is 16.6 Å². The first kappa shape index (κ1) is 24.0. The van der Waals surface area contributed by atoms with Crippen LogP contribution in [0.4, 0.5) is 0 Å². The number of piperazine rings is 1. The second kappa shape index (κ2) is 11.3. The van der Waals surface area contributed by atoms with Crippen molar-refractivity contribution < 1.29 is 14.4 Å². The molecule has 2 aromatic carbocycles. The molecule has 3 amide bonds. The molecule has 2 aromatic rings. The van der Waals surface area contributed by atoms with Crippen LogP contribution in [-0.4, -0.2) is 66.8 Å². The van der Waals surface area contributed by atoms with E-state index in [0.717, 1.165) is 5.56 Å². The van der Waals surface area contributed by atoms with E-state index in [-0.39, 0.29) is 11.9 Å². The minimum absolute atomic E-state index is 0.121. The lowest BCUT2D eigenvalue weighted by Crippen LogP contribution is -2.51. The fraction of sp³-hybridized carbons (Fsp3) is 0.348. The lowest BCUT2D eigenvalue weighted by molar-refractivity contribution is -0.139. The van der Waals surface area contributed by atoms with Gasteiger partial charge >= 0.3 is 11.8 Å². The van der Waals surface area contributed by atoms with Gasteiger partial charge in [0.15, 0.2) is 0 Å². The summed E-state index contributed by atoms with van der Waals surface area (Å²) in [5.74, 6) is -1.43. The average Bonchev–Trinajstić information content (AvgIpc) is 2.79. The Morgan fingerprint density at radius 2 is 1.66 bits per heavy atom. The van der Waals surface area contributed by atoms with Gasteiger partial charge in [-0.1, -0.05) is 53.5 Å². The predicted octanol–water partition coefficient (Wildman–Crippen LogP) is 2.74. The standard InChI is InChI=1S/C23H26Cl2N4O3/c1-16(17-5-3-2-4-6-17)27-22(31)21(30)26-9-10-28-11-13-29(14-12-28)23(32)19-8-7-18(24)15-20(19)25/h2-8,15-16H,9-14H2,1H3,(H,26,30)(H,27,31). The highest BCUT2D eigenvalue weighted by Gasteiger charge is 2.24. The highest BCUT2D eigenvalue weighted by Crippen LogP contribution is 2.22. The zero-order valence-corrected chi connectivity index (χ0v) is 19.3. The zero-order valence-electron chi connectivity index (χ0n) is 17.8. The van der Waals surface area contributed by atoms with Gasteiger partial charge in [0.2, 0.25) is 0 Å². The number of carbonyl (C=O) groups is 3. The van der Waals surface area contributed by atoms with E-state index in [2.05, 4.69) is 15.5 Å². The number of hydrogen-bond acceptors (Lipinski definition) is 4. The first-order valence-corrected chi connectivity index (χ1v) is 11.2. The molecule has 7 nitrogen and oxygen atoms in total. The van der Waals surface area contributed by atoms with E-state index in [1.54, 1.807) is 23.1 Å². The van der Waals surface area contributed by atoms with Crippen LogP contribution in [0.3, 0.4) is 0 Å². The molecule has 0 aromatic heterocycles. The maximum absolute atomic E-state index is 12.7. The van der Waals surface area contributed by atoms with Crippen LogP contribution < -0.4 is 10.6 Å². The van der Waals surface area contributed by atoms with E-state index in [4.69, 9.17) is 23.2 Å². The van der Waals surface area contributed by atoms with E-state index in [1.165, 1.54) is 0 Å². The molecule has 1 unspecified atom stereocenters. The summed E-state index contributed by atoms with van der Waals surface area (Å²) in [7, 11) is 0. The van der Waals surface area contributed by atoms with Gasteiger partial charge in [0, 0.05) is 44.3 Å². The topological polar surface area (TPSA) is 81.8 Å². The molecule has 170 valence electrons. The van der Waals surface area contributed by atoms with E-state index in [0.29, 0.717) is 54.9 Å². The van der Waals surface area contributed by atoms with Crippen molar-refractivity contribution in [3.05, 3.63) is 69.7 Å². The number of halogens is 2. The summed E-state index contributed by atoms with van der Waals surface area (Å²) in [5, 5.41) is 6.18. The summed E-state index contributed by atoms with van der Waals surface area (Å²) >= 11 is 12.0. The van der Waals surface area contributed by atoms with Crippen molar-refractivity contribution in [1.29, 1.82) is 0 Å². The van der Waals surface area contributed by atoms with E-state index in [9.17, 15) is 14.4 Å². The third-order valence-electron chi connectivity index (χ3n) is 5.39. The summed E-state index contributed by atoms with van der Waals surface area (Å²) in [6.45, 7) is 5.23. The van der Waals surface area contributed by atoms with Crippen molar-refractivity contribution in [3.8, 4) is 0 Å². The number of nitrogens with one attached hydrogen (secondary N) is 2. The molecule has 32 heavy (non-hydrogen) atoms. The molecule has 0 aliphatic carbocycles. The monoisotopic (exact) mass is 476 g/mol. The smallest absolute Gasteiger partial charge is 0.309 e. The van der Waals surface area contributed by atoms with Crippen LogP contribution in [0.2, 0.25) is 10.0 Å². The summed E-state index contributed by atoms with van der Waals surface area (Å²) < 4.78 is 0. The molecule has 1 atom stereocenters. The quantitative estimate of drug-likeness (QED) is 0.628. The minimum Gasteiger partial charge on any atom is -0.347 e. The number of nitrogens with zero attached hydrogens (tertiary/aromatic N) is 2. The number of carbonyl (C=O) groups excluding carboxylic acids is 3. The van der Waals surface area contributed by atoms with Gasteiger partial charge in [-0.2, -0.15) is 0 Å². The molecule has 1 aliphatic heterocycles. The van der Waals surface area contributed by atoms with Crippen LogP contribution in [0.1, 0.15) is 28.9 Å². The van der Waals surface area contributed by atoms with Crippen molar-refractivity contribution in [2.45, 2.75) is 13.0 Å². The van der Waals surface area contributed by atoms with Crippen LogP contribution in [0.25, 0.3) is 0 Å². The number of benzene rings is 2. The minimum atomic E-state index is -0.656. The van der Waals surface area contributed by atoms with Crippen LogP contribution in [0.15, 0.2) is 48.5 Å². The molecule has 9 heteroatoms. The second-order valence-electron chi connectivity index (χ2n) is 7.62. The maximum Gasteiger partial charge on any atom is 0.309 e. The SMILES string of the molecule is CC(NC(=O)C(=O)NCCN1CCN(C(=O)c2ccc(Cl)cc2Cl)CC1)c1ccccc1. The van der Waals surface area contributed by atoms with Crippen LogP contribution in [0.5, 0.6) is 0 Å². The molecule has 1 heterocycles. The van der Waals surface area contributed by atoms with Gasteiger partial charge in [-0.3, -0.25) is 19.3 Å². The third-order valence-corrected chi connectivity index (χ3v) is 5.94. The Morgan fingerprint density at radius 3 is 2.31 bits per heavy atom. The molecule has 0 bridgehead atoms. The summed E-state index contributed by atoms with van der Waals surface area (Å²) in [4.78, 5) is 40.8. The van der Waals surface area contributed by atoms with Gasteiger partial charge in [0.25, 0.3) is 5.91 Å². The summed E-state index contributed by atoms with van der Waals surface area (Å²) in [6, 6.07) is 14.1. The molecular weight excluding hydrogens is 451 g/mol. The molecule has 1 fully saturated rings.